The van der Waals surface area contributed by atoms with Gasteiger partial charge in [0.15, 0.2) is 17.3 Å². The SMILES string of the molecule is NS(=O)(=O)c1ccc(-n2nc(C(F)(F)F)cc2-c2ccc(F)c(F)c2)cc1CO. The first-order chi connectivity index (χ1) is 13.4. The van der Waals surface area contributed by atoms with Crippen molar-refractivity contribution in [3.8, 4) is 16.9 Å². The van der Waals surface area contributed by atoms with Crippen LogP contribution >= 0.6 is 0 Å². The van der Waals surface area contributed by atoms with Gasteiger partial charge in [-0.15, -0.1) is 0 Å². The third-order valence-electron chi connectivity index (χ3n) is 3.98. The molecule has 1 heterocycles. The number of nitrogens with two attached hydrogens (primary N) is 1. The minimum absolute atomic E-state index is 0.0586. The summed E-state index contributed by atoms with van der Waals surface area (Å²) in [6.07, 6.45) is -4.83. The maximum Gasteiger partial charge on any atom is 0.435 e. The van der Waals surface area contributed by atoms with Gasteiger partial charge >= 0.3 is 6.18 Å². The molecule has 6 nitrogen and oxygen atoms in total. The molecule has 3 aromatic rings. The molecule has 0 bridgehead atoms. The van der Waals surface area contributed by atoms with E-state index in [0.29, 0.717) is 12.1 Å². The molecule has 0 spiro atoms. The van der Waals surface area contributed by atoms with Crippen molar-refractivity contribution < 1.29 is 35.5 Å². The lowest BCUT2D eigenvalue weighted by Gasteiger charge is -2.11. The predicted molar refractivity (Wildman–Crippen MR) is 91.2 cm³/mol. The summed E-state index contributed by atoms with van der Waals surface area (Å²) < 4.78 is 90.3. The van der Waals surface area contributed by atoms with E-state index in [-0.39, 0.29) is 22.5 Å². The van der Waals surface area contributed by atoms with Crippen molar-refractivity contribution in [3.05, 3.63) is 65.4 Å². The van der Waals surface area contributed by atoms with Gasteiger partial charge in [-0.3, -0.25) is 0 Å². The molecule has 1 aromatic heterocycles. The molecule has 0 saturated carbocycles. The van der Waals surface area contributed by atoms with E-state index < -0.39 is 45.0 Å². The number of aliphatic hydroxyl groups is 1. The number of primary sulfonamides is 1. The van der Waals surface area contributed by atoms with E-state index in [1.165, 1.54) is 0 Å². The molecular weight excluding hydrogens is 421 g/mol. The summed E-state index contributed by atoms with van der Waals surface area (Å²) in [5.41, 5.74) is -1.88. The molecule has 2 aromatic carbocycles. The Morgan fingerprint density at radius 2 is 1.72 bits per heavy atom. The summed E-state index contributed by atoms with van der Waals surface area (Å²) in [5, 5.41) is 17.9. The molecular formula is C17H12F5N3O3S. The molecule has 29 heavy (non-hydrogen) atoms. The van der Waals surface area contributed by atoms with Gasteiger partial charge in [0.25, 0.3) is 0 Å². The van der Waals surface area contributed by atoms with E-state index in [1.807, 2.05) is 0 Å². The first-order valence-electron chi connectivity index (χ1n) is 7.81. The number of aromatic nitrogens is 2. The molecule has 0 aliphatic rings. The number of nitrogens with zero attached hydrogens (tertiary/aromatic N) is 2. The van der Waals surface area contributed by atoms with Crippen LogP contribution in [0.1, 0.15) is 11.3 Å². The van der Waals surface area contributed by atoms with Gasteiger partial charge < -0.3 is 5.11 Å². The Hall–Kier alpha value is -2.83. The van der Waals surface area contributed by atoms with E-state index in [2.05, 4.69) is 5.10 Å². The van der Waals surface area contributed by atoms with Crippen LogP contribution in [0, 0.1) is 11.6 Å². The monoisotopic (exact) mass is 433 g/mol. The third-order valence-corrected chi connectivity index (χ3v) is 4.99. The highest BCUT2D eigenvalue weighted by atomic mass is 32.2. The molecule has 0 aliphatic carbocycles. The topological polar surface area (TPSA) is 98.2 Å². The van der Waals surface area contributed by atoms with Crippen molar-refractivity contribution in [2.75, 3.05) is 0 Å². The highest BCUT2D eigenvalue weighted by Gasteiger charge is 2.35. The van der Waals surface area contributed by atoms with Gasteiger partial charge in [0.2, 0.25) is 10.0 Å². The van der Waals surface area contributed by atoms with Gasteiger partial charge in [0.05, 0.1) is 22.9 Å². The molecule has 0 fully saturated rings. The first-order valence-corrected chi connectivity index (χ1v) is 9.36. The molecule has 0 unspecified atom stereocenters. The van der Waals surface area contributed by atoms with Crippen molar-refractivity contribution in [2.45, 2.75) is 17.7 Å². The third kappa shape index (κ3) is 4.13. The standard InChI is InChI=1S/C17H12F5N3O3S/c18-12-3-1-9(6-13(12)19)14-7-16(17(20,21)22)24-25(14)11-2-4-15(29(23,27)28)10(5-11)8-26/h1-7,26H,8H2,(H2,23,27,28). The van der Waals surface area contributed by atoms with Crippen molar-refractivity contribution in [2.24, 2.45) is 5.14 Å². The highest BCUT2D eigenvalue weighted by Crippen LogP contribution is 2.34. The summed E-state index contributed by atoms with van der Waals surface area (Å²) in [7, 11) is -4.20. The Bertz CT molecular complexity index is 1190. The number of aliphatic hydroxyl groups excluding tert-OH is 1. The maximum absolute atomic E-state index is 13.6. The fourth-order valence-corrected chi connectivity index (χ4v) is 3.42. The Morgan fingerprint density at radius 1 is 1.03 bits per heavy atom. The number of hydrogen-bond donors (Lipinski definition) is 2. The minimum atomic E-state index is -4.83. The van der Waals surface area contributed by atoms with Gasteiger partial charge in [-0.1, -0.05) is 0 Å². The van der Waals surface area contributed by atoms with Gasteiger partial charge in [-0.25, -0.2) is 27.0 Å². The zero-order valence-corrected chi connectivity index (χ0v) is 15.1. The van der Waals surface area contributed by atoms with Crippen molar-refractivity contribution >= 4 is 10.0 Å². The van der Waals surface area contributed by atoms with Crippen LogP contribution < -0.4 is 5.14 Å². The molecule has 154 valence electrons. The van der Waals surface area contributed by atoms with Crippen LogP contribution in [0.5, 0.6) is 0 Å². The van der Waals surface area contributed by atoms with Gasteiger partial charge in [-0.05, 0) is 48.0 Å². The number of alkyl halides is 3. The molecule has 3 rings (SSSR count). The number of rotatable bonds is 4. The lowest BCUT2D eigenvalue weighted by Crippen LogP contribution is -2.15. The van der Waals surface area contributed by atoms with Crippen LogP contribution in [0.25, 0.3) is 16.9 Å². The van der Waals surface area contributed by atoms with E-state index in [1.54, 1.807) is 0 Å². The van der Waals surface area contributed by atoms with E-state index in [4.69, 9.17) is 5.14 Å². The van der Waals surface area contributed by atoms with E-state index >= 15 is 0 Å². The Labute approximate surface area is 161 Å². The maximum atomic E-state index is 13.6. The van der Waals surface area contributed by atoms with Gasteiger partial charge in [-0.2, -0.15) is 18.3 Å². The van der Waals surface area contributed by atoms with Crippen LogP contribution in [0.4, 0.5) is 22.0 Å². The van der Waals surface area contributed by atoms with Gasteiger partial charge in [0.1, 0.15) is 0 Å². The van der Waals surface area contributed by atoms with Crippen molar-refractivity contribution in [1.82, 2.24) is 9.78 Å². The zero-order valence-electron chi connectivity index (χ0n) is 14.3. The summed E-state index contributed by atoms with van der Waals surface area (Å²) in [5.74, 6) is -2.46. The second kappa shape index (κ2) is 7.21. The highest BCUT2D eigenvalue weighted by molar-refractivity contribution is 7.89. The quantitative estimate of drug-likeness (QED) is 0.618. The molecule has 12 heteroatoms. The molecule has 0 amide bonds. The molecule has 3 N–H and O–H groups in total. The van der Waals surface area contributed by atoms with Crippen LogP contribution in [0.2, 0.25) is 0 Å². The van der Waals surface area contributed by atoms with Crippen LogP contribution in [-0.2, 0) is 22.8 Å². The lowest BCUT2D eigenvalue weighted by molar-refractivity contribution is -0.141. The van der Waals surface area contributed by atoms with Crippen LogP contribution in [-0.4, -0.2) is 23.3 Å². The molecule has 0 saturated heterocycles. The second-order valence-electron chi connectivity index (χ2n) is 5.95. The number of hydrogen-bond acceptors (Lipinski definition) is 4. The fourth-order valence-electron chi connectivity index (χ4n) is 2.68. The number of sulfonamides is 1. The minimum Gasteiger partial charge on any atom is -0.392 e. The van der Waals surface area contributed by atoms with Crippen molar-refractivity contribution in [1.29, 1.82) is 0 Å². The van der Waals surface area contributed by atoms with Gasteiger partial charge in [0, 0.05) is 5.56 Å². The zero-order chi connectivity index (χ0) is 21.6. The normalized spacial score (nSPS) is 12.4. The summed E-state index contributed by atoms with van der Waals surface area (Å²) in [6.45, 7) is -0.770. The Morgan fingerprint density at radius 3 is 2.28 bits per heavy atom. The number of halogens is 5. The predicted octanol–water partition coefficient (Wildman–Crippen LogP) is 2.98. The summed E-state index contributed by atoms with van der Waals surface area (Å²) >= 11 is 0. The average molecular weight is 433 g/mol. The first kappa shape index (κ1) is 20.9. The fraction of sp³-hybridized carbons (Fsp3) is 0.118. The summed E-state index contributed by atoms with van der Waals surface area (Å²) in [6, 6.07) is 6.36. The van der Waals surface area contributed by atoms with E-state index in [0.717, 1.165) is 35.0 Å². The molecule has 0 aliphatic heterocycles. The molecule has 0 atom stereocenters. The Kier molecular flexibility index (Phi) is 5.19. The van der Waals surface area contributed by atoms with Crippen molar-refractivity contribution in [3.63, 3.8) is 0 Å². The van der Waals surface area contributed by atoms with Crippen LogP contribution in [0.3, 0.4) is 0 Å². The van der Waals surface area contributed by atoms with Crippen LogP contribution in [0.15, 0.2) is 47.4 Å². The number of benzene rings is 2. The average Bonchev–Trinajstić information content (AvgIpc) is 3.08. The molecule has 0 radical (unpaired) electrons. The largest absolute Gasteiger partial charge is 0.435 e. The summed E-state index contributed by atoms with van der Waals surface area (Å²) in [4.78, 5) is -0.415. The lowest BCUT2D eigenvalue weighted by atomic mass is 10.1. The second-order valence-corrected chi connectivity index (χ2v) is 7.48. The smallest absolute Gasteiger partial charge is 0.392 e. The van der Waals surface area contributed by atoms with E-state index in [9.17, 15) is 35.5 Å². The Balaban J connectivity index is 2.26.